The molecule has 0 amide bonds. The van der Waals surface area contributed by atoms with E-state index in [1.807, 2.05) is 18.6 Å². The van der Waals surface area contributed by atoms with Gasteiger partial charge in [-0.1, -0.05) is 6.92 Å². The van der Waals surface area contributed by atoms with Crippen molar-refractivity contribution in [2.45, 2.75) is 45.7 Å². The molecule has 0 bridgehead atoms. The Bertz CT molecular complexity index is 724. The molecule has 7 heteroatoms. The second kappa shape index (κ2) is 8.68. The van der Waals surface area contributed by atoms with E-state index in [1.165, 1.54) is 24.8 Å². The first-order valence-electron chi connectivity index (χ1n) is 10.5. The Kier molecular flexibility index (Phi) is 6.04. The fourth-order valence-electron chi connectivity index (χ4n) is 4.89. The maximum absolute atomic E-state index is 10.1. The number of piperidine rings is 2. The Morgan fingerprint density at radius 1 is 1.07 bits per heavy atom. The highest BCUT2D eigenvalue weighted by atomic mass is 16.3. The topological polar surface area (TPSA) is 81.2 Å². The molecule has 28 heavy (non-hydrogen) atoms. The van der Waals surface area contributed by atoms with Crippen LogP contribution in [0.5, 0.6) is 0 Å². The molecule has 2 fully saturated rings. The zero-order valence-corrected chi connectivity index (χ0v) is 16.8. The summed E-state index contributed by atoms with van der Waals surface area (Å²) in [4.78, 5) is 21.3. The number of imidazole rings is 1. The number of nitrogens with zero attached hydrogens (tertiary/aromatic N) is 5. The van der Waals surface area contributed by atoms with E-state index in [2.05, 4.69) is 36.7 Å². The van der Waals surface area contributed by atoms with Crippen LogP contribution in [-0.2, 0) is 19.5 Å². The Morgan fingerprint density at radius 3 is 2.39 bits per heavy atom. The Balaban J connectivity index is 1.32. The molecule has 2 aliphatic rings. The van der Waals surface area contributed by atoms with Crippen LogP contribution in [0.15, 0.2) is 24.8 Å². The van der Waals surface area contributed by atoms with E-state index in [9.17, 15) is 5.11 Å². The predicted octanol–water partition coefficient (Wildman–Crippen LogP) is 1.86. The summed E-state index contributed by atoms with van der Waals surface area (Å²) in [5.41, 5.74) is 1.48. The lowest BCUT2D eigenvalue weighted by Crippen LogP contribution is -2.53. The molecule has 2 aromatic rings. The van der Waals surface area contributed by atoms with Gasteiger partial charge >= 0.3 is 0 Å². The number of nitrogens with one attached hydrogen (secondary N) is 1. The third-order valence-electron chi connectivity index (χ3n) is 6.75. The molecule has 0 aromatic carbocycles. The lowest BCUT2D eigenvalue weighted by atomic mass is 9.64. The van der Waals surface area contributed by atoms with Gasteiger partial charge in [-0.15, -0.1) is 0 Å². The monoisotopic (exact) mass is 384 g/mol. The molecule has 2 N–H and O–H groups in total. The van der Waals surface area contributed by atoms with Gasteiger partial charge in [0.1, 0.15) is 11.6 Å². The van der Waals surface area contributed by atoms with Crippen LogP contribution >= 0.6 is 0 Å². The number of likely N-dealkylation sites (tertiary alicyclic amines) is 2. The molecule has 152 valence electrons. The Morgan fingerprint density at radius 2 is 1.79 bits per heavy atom. The first kappa shape index (κ1) is 19.5. The molecule has 2 aromatic heterocycles. The number of aliphatic hydroxyl groups is 1. The van der Waals surface area contributed by atoms with E-state index in [1.54, 1.807) is 6.20 Å². The summed E-state index contributed by atoms with van der Waals surface area (Å²) in [6, 6.07) is 0. The number of aliphatic hydroxyl groups excluding tert-OH is 1. The highest BCUT2D eigenvalue weighted by Crippen LogP contribution is 2.45. The van der Waals surface area contributed by atoms with Crippen LogP contribution in [0, 0.1) is 11.3 Å². The van der Waals surface area contributed by atoms with Gasteiger partial charge in [0.05, 0.1) is 6.54 Å². The third-order valence-corrected chi connectivity index (χ3v) is 6.75. The maximum atomic E-state index is 10.1. The molecule has 0 saturated carbocycles. The Labute approximate surface area is 167 Å². The standard InChI is InChI=1S/C21H32N6O/c1-2-19-24-11-17(12-25-19)13-26-8-3-21(4-9-26)5-10-27(14-18(21)16-28)15-20-22-6-7-23-20/h6-7,11-12,18,28H,2-5,8-10,13-16H2,1H3,(H,22,23). The van der Waals surface area contributed by atoms with Gasteiger partial charge in [0.15, 0.2) is 0 Å². The highest BCUT2D eigenvalue weighted by molar-refractivity contribution is 5.06. The highest BCUT2D eigenvalue weighted by Gasteiger charge is 2.44. The van der Waals surface area contributed by atoms with Gasteiger partial charge in [-0.25, -0.2) is 15.0 Å². The van der Waals surface area contributed by atoms with Crippen molar-refractivity contribution in [1.29, 1.82) is 0 Å². The van der Waals surface area contributed by atoms with Crippen LogP contribution in [0.1, 0.15) is 43.4 Å². The summed E-state index contributed by atoms with van der Waals surface area (Å²) in [5, 5.41) is 10.1. The van der Waals surface area contributed by atoms with Crippen LogP contribution in [0.3, 0.4) is 0 Å². The van der Waals surface area contributed by atoms with Gasteiger partial charge in [-0.05, 0) is 44.3 Å². The lowest BCUT2D eigenvalue weighted by molar-refractivity contribution is -0.0455. The summed E-state index contributed by atoms with van der Waals surface area (Å²) in [6.07, 6.45) is 12.0. The molecule has 1 spiro atoms. The third kappa shape index (κ3) is 4.26. The molecule has 1 unspecified atom stereocenters. The molecule has 0 aliphatic carbocycles. The van der Waals surface area contributed by atoms with Crippen LogP contribution in [-0.4, -0.2) is 67.6 Å². The van der Waals surface area contributed by atoms with Crippen molar-refractivity contribution in [3.05, 3.63) is 42.0 Å². The quantitative estimate of drug-likeness (QED) is 0.791. The van der Waals surface area contributed by atoms with Crippen molar-refractivity contribution in [3.8, 4) is 0 Å². The fraction of sp³-hybridized carbons (Fsp3) is 0.667. The summed E-state index contributed by atoms with van der Waals surface area (Å²) in [6.45, 7) is 8.35. The average Bonchev–Trinajstić information content (AvgIpc) is 3.25. The van der Waals surface area contributed by atoms with Gasteiger partial charge in [0.25, 0.3) is 0 Å². The number of aryl methyl sites for hydroxylation is 1. The van der Waals surface area contributed by atoms with Crippen LogP contribution < -0.4 is 0 Å². The number of hydrogen-bond acceptors (Lipinski definition) is 6. The van der Waals surface area contributed by atoms with Crippen molar-refractivity contribution < 1.29 is 5.11 Å². The second-order valence-corrected chi connectivity index (χ2v) is 8.40. The molecule has 0 radical (unpaired) electrons. The van der Waals surface area contributed by atoms with Gasteiger partial charge < -0.3 is 10.1 Å². The van der Waals surface area contributed by atoms with Gasteiger partial charge in [-0.2, -0.15) is 0 Å². The smallest absolute Gasteiger partial charge is 0.127 e. The summed E-state index contributed by atoms with van der Waals surface area (Å²) in [7, 11) is 0. The molecular weight excluding hydrogens is 352 g/mol. The Hall–Kier alpha value is -1.83. The molecule has 7 nitrogen and oxygen atoms in total. The van der Waals surface area contributed by atoms with Crippen LogP contribution in [0.4, 0.5) is 0 Å². The van der Waals surface area contributed by atoms with Gasteiger partial charge in [-0.3, -0.25) is 9.80 Å². The molecule has 2 saturated heterocycles. The first-order chi connectivity index (χ1) is 13.7. The van der Waals surface area contributed by atoms with Crippen LogP contribution in [0.25, 0.3) is 0 Å². The van der Waals surface area contributed by atoms with E-state index in [-0.39, 0.29) is 12.0 Å². The number of hydrogen-bond donors (Lipinski definition) is 2. The van der Waals surface area contributed by atoms with E-state index >= 15 is 0 Å². The minimum absolute atomic E-state index is 0.279. The molecular formula is C21H32N6O. The summed E-state index contributed by atoms with van der Waals surface area (Å²) >= 11 is 0. The summed E-state index contributed by atoms with van der Waals surface area (Å²) < 4.78 is 0. The molecule has 1 atom stereocenters. The minimum Gasteiger partial charge on any atom is -0.396 e. The van der Waals surface area contributed by atoms with Crippen molar-refractivity contribution in [1.82, 2.24) is 29.7 Å². The van der Waals surface area contributed by atoms with Crippen molar-refractivity contribution in [3.63, 3.8) is 0 Å². The number of rotatable bonds is 6. The number of aromatic nitrogens is 4. The van der Waals surface area contributed by atoms with Gasteiger partial charge in [0.2, 0.25) is 0 Å². The zero-order chi connectivity index (χ0) is 19.4. The van der Waals surface area contributed by atoms with Crippen molar-refractivity contribution >= 4 is 0 Å². The van der Waals surface area contributed by atoms with Crippen molar-refractivity contribution in [2.24, 2.45) is 11.3 Å². The van der Waals surface area contributed by atoms with Crippen LogP contribution in [0.2, 0.25) is 0 Å². The predicted molar refractivity (Wildman–Crippen MR) is 107 cm³/mol. The van der Waals surface area contributed by atoms with E-state index in [0.717, 1.165) is 57.3 Å². The number of aromatic amines is 1. The SMILES string of the molecule is CCc1ncc(CN2CCC3(CC2)CCN(Cc2ncc[nH]2)CC3CO)cn1. The van der Waals surface area contributed by atoms with E-state index in [0.29, 0.717) is 5.92 Å². The van der Waals surface area contributed by atoms with E-state index < -0.39 is 0 Å². The fourth-order valence-corrected chi connectivity index (χ4v) is 4.89. The normalized spacial score (nSPS) is 23.3. The minimum atomic E-state index is 0.279. The molecule has 4 heterocycles. The van der Waals surface area contributed by atoms with E-state index in [4.69, 9.17) is 0 Å². The molecule has 2 aliphatic heterocycles. The van der Waals surface area contributed by atoms with Gasteiger partial charge in [0, 0.05) is 62.4 Å². The molecule has 4 rings (SSSR count). The van der Waals surface area contributed by atoms with Crippen molar-refractivity contribution in [2.75, 3.05) is 32.8 Å². The number of H-pyrrole nitrogens is 1. The second-order valence-electron chi connectivity index (χ2n) is 8.40. The average molecular weight is 385 g/mol. The largest absolute Gasteiger partial charge is 0.396 e. The summed E-state index contributed by atoms with van der Waals surface area (Å²) in [5.74, 6) is 2.28. The maximum Gasteiger partial charge on any atom is 0.127 e. The lowest BCUT2D eigenvalue weighted by Gasteiger charge is -2.51. The first-order valence-corrected chi connectivity index (χ1v) is 10.5. The zero-order valence-electron chi connectivity index (χ0n) is 16.8.